The van der Waals surface area contributed by atoms with Gasteiger partial charge >= 0.3 is 0 Å². The van der Waals surface area contributed by atoms with Crippen LogP contribution in [0.2, 0.25) is 0 Å². The Morgan fingerprint density at radius 1 is 1.26 bits per heavy atom. The molecule has 4 rings (SSSR count). The van der Waals surface area contributed by atoms with Gasteiger partial charge in [-0.1, -0.05) is 18.2 Å². The van der Waals surface area contributed by atoms with Gasteiger partial charge in [0.05, 0.1) is 33.4 Å². The van der Waals surface area contributed by atoms with Gasteiger partial charge in [-0.15, -0.1) is 23.1 Å². The number of para-hydroxylation sites is 1. The van der Waals surface area contributed by atoms with Crippen LogP contribution in [0.1, 0.15) is 17.3 Å². The van der Waals surface area contributed by atoms with Gasteiger partial charge in [-0.3, -0.25) is 4.79 Å². The summed E-state index contributed by atoms with van der Waals surface area (Å²) in [5.41, 5.74) is 2.90. The normalized spacial score (nSPS) is 11.0. The highest BCUT2D eigenvalue weighted by atomic mass is 32.2. The molecule has 0 saturated carbocycles. The summed E-state index contributed by atoms with van der Waals surface area (Å²) in [5.74, 6) is -0.155. The Morgan fingerprint density at radius 2 is 2.11 bits per heavy atom. The second kappa shape index (κ2) is 7.54. The first-order chi connectivity index (χ1) is 13.2. The minimum Gasteiger partial charge on any atom is -0.321 e. The fourth-order valence-electron chi connectivity index (χ4n) is 2.96. The van der Waals surface area contributed by atoms with E-state index in [-0.39, 0.29) is 5.91 Å². The van der Waals surface area contributed by atoms with Gasteiger partial charge < -0.3 is 5.32 Å². The number of pyridine rings is 1. The van der Waals surface area contributed by atoms with Crippen molar-refractivity contribution >= 4 is 45.7 Å². The molecule has 0 aliphatic heterocycles. The summed E-state index contributed by atoms with van der Waals surface area (Å²) in [6.45, 7) is 2.71. The van der Waals surface area contributed by atoms with Crippen LogP contribution in [-0.4, -0.2) is 26.9 Å². The molecule has 27 heavy (non-hydrogen) atoms. The number of nitrogens with zero attached hydrogens (tertiary/aromatic N) is 3. The highest BCUT2D eigenvalue weighted by molar-refractivity contribution is 7.98. The Labute approximate surface area is 165 Å². The van der Waals surface area contributed by atoms with Crippen LogP contribution in [-0.2, 0) is 6.54 Å². The number of fused-ring (bicyclic) bond motifs is 1. The molecule has 0 radical (unpaired) electrons. The van der Waals surface area contributed by atoms with Crippen LogP contribution in [0, 0.1) is 0 Å². The van der Waals surface area contributed by atoms with Crippen molar-refractivity contribution in [3.63, 3.8) is 0 Å². The van der Waals surface area contributed by atoms with Crippen molar-refractivity contribution in [2.24, 2.45) is 0 Å². The molecule has 1 N–H and O–H groups in total. The molecule has 0 aliphatic rings. The van der Waals surface area contributed by atoms with Crippen molar-refractivity contribution in [3.05, 3.63) is 59.6 Å². The summed E-state index contributed by atoms with van der Waals surface area (Å²) in [5, 5.41) is 10.2. The lowest BCUT2D eigenvalue weighted by molar-refractivity contribution is 0.102. The van der Waals surface area contributed by atoms with E-state index in [1.54, 1.807) is 29.3 Å². The lowest BCUT2D eigenvalue weighted by Gasteiger charge is -2.11. The molecule has 1 aromatic carbocycles. The number of thioether (sulfide) groups is 1. The Bertz CT molecular complexity index is 1100. The lowest BCUT2D eigenvalue weighted by atomic mass is 10.1. The number of hydrogen-bond acceptors (Lipinski definition) is 5. The number of carbonyl (C=O) groups excluding carboxylic acids is 1. The van der Waals surface area contributed by atoms with E-state index in [9.17, 15) is 4.79 Å². The molecular formula is C20H18N4OS2. The smallest absolute Gasteiger partial charge is 0.256 e. The van der Waals surface area contributed by atoms with E-state index in [0.29, 0.717) is 12.1 Å². The first-order valence-corrected chi connectivity index (χ1v) is 10.7. The van der Waals surface area contributed by atoms with Gasteiger partial charge in [0, 0.05) is 11.4 Å². The fourth-order valence-corrected chi connectivity index (χ4v) is 4.19. The number of benzene rings is 1. The third kappa shape index (κ3) is 3.36. The third-order valence-electron chi connectivity index (χ3n) is 4.28. The monoisotopic (exact) mass is 394 g/mol. The zero-order valence-electron chi connectivity index (χ0n) is 15.0. The maximum atomic E-state index is 13.1. The number of hydrogen-bond donors (Lipinski definition) is 1. The number of nitrogens with one attached hydrogen (secondary N) is 1. The molecule has 136 valence electrons. The highest BCUT2D eigenvalue weighted by Crippen LogP contribution is 2.30. The standard InChI is InChI=1S/C20H18N4OS2/c1-3-24-19-14(12-21-24)13(11-16(22-19)18-9-6-10-27-18)20(25)23-15-7-4-5-8-17(15)26-2/h4-12H,3H2,1-2H3,(H,23,25). The molecule has 3 heterocycles. The third-order valence-corrected chi connectivity index (χ3v) is 5.97. The Morgan fingerprint density at radius 3 is 2.85 bits per heavy atom. The van der Waals surface area contributed by atoms with E-state index < -0.39 is 0 Å². The number of carbonyl (C=O) groups is 1. The predicted octanol–water partition coefficient (Wildman–Crippen LogP) is 5.15. The topological polar surface area (TPSA) is 59.8 Å². The molecule has 0 bridgehead atoms. The summed E-state index contributed by atoms with van der Waals surface area (Å²) < 4.78 is 1.82. The lowest BCUT2D eigenvalue weighted by Crippen LogP contribution is -2.13. The van der Waals surface area contributed by atoms with Crippen molar-refractivity contribution in [1.29, 1.82) is 0 Å². The zero-order valence-corrected chi connectivity index (χ0v) is 16.6. The Hall–Kier alpha value is -2.64. The number of thiophene rings is 1. The summed E-state index contributed by atoms with van der Waals surface area (Å²) in [6.07, 6.45) is 3.72. The molecule has 0 atom stereocenters. The number of rotatable bonds is 5. The van der Waals surface area contributed by atoms with Gasteiger partial charge in [0.2, 0.25) is 0 Å². The SMILES string of the molecule is CCn1ncc2c(C(=O)Nc3ccccc3SC)cc(-c3cccs3)nc21. The maximum Gasteiger partial charge on any atom is 0.256 e. The number of aryl methyl sites for hydroxylation is 1. The minimum absolute atomic E-state index is 0.155. The molecule has 5 nitrogen and oxygen atoms in total. The number of anilines is 1. The summed E-state index contributed by atoms with van der Waals surface area (Å²) in [7, 11) is 0. The summed E-state index contributed by atoms with van der Waals surface area (Å²) in [4.78, 5) is 19.9. The van der Waals surface area contributed by atoms with E-state index in [1.165, 1.54) is 0 Å². The predicted molar refractivity (Wildman–Crippen MR) is 113 cm³/mol. The van der Waals surface area contributed by atoms with Crippen LogP contribution >= 0.6 is 23.1 Å². The van der Waals surface area contributed by atoms with E-state index in [0.717, 1.165) is 32.2 Å². The highest BCUT2D eigenvalue weighted by Gasteiger charge is 2.18. The van der Waals surface area contributed by atoms with Gasteiger partial charge in [-0.2, -0.15) is 5.10 Å². The average Bonchev–Trinajstić information content (AvgIpc) is 3.37. The average molecular weight is 395 g/mol. The summed E-state index contributed by atoms with van der Waals surface area (Å²) in [6, 6.07) is 13.6. The van der Waals surface area contributed by atoms with Crippen LogP contribution in [0.5, 0.6) is 0 Å². The molecule has 3 aromatic heterocycles. The van der Waals surface area contributed by atoms with Crippen molar-refractivity contribution in [2.75, 3.05) is 11.6 Å². The molecular weight excluding hydrogens is 376 g/mol. The zero-order chi connectivity index (χ0) is 18.8. The second-order valence-corrected chi connectivity index (χ2v) is 7.68. The van der Waals surface area contributed by atoms with E-state index in [2.05, 4.69) is 10.4 Å². The number of amides is 1. The van der Waals surface area contributed by atoms with Crippen LogP contribution in [0.15, 0.2) is 58.9 Å². The van der Waals surface area contributed by atoms with E-state index in [1.807, 2.05) is 65.7 Å². The van der Waals surface area contributed by atoms with Crippen LogP contribution in [0.25, 0.3) is 21.6 Å². The molecule has 0 spiro atoms. The van der Waals surface area contributed by atoms with E-state index in [4.69, 9.17) is 4.98 Å². The quantitative estimate of drug-likeness (QED) is 0.475. The van der Waals surface area contributed by atoms with Gasteiger partial charge in [0.25, 0.3) is 5.91 Å². The molecule has 0 saturated heterocycles. The second-order valence-electron chi connectivity index (χ2n) is 5.88. The van der Waals surface area contributed by atoms with Gasteiger partial charge in [0.15, 0.2) is 5.65 Å². The van der Waals surface area contributed by atoms with Crippen LogP contribution in [0.3, 0.4) is 0 Å². The van der Waals surface area contributed by atoms with Crippen LogP contribution < -0.4 is 5.32 Å². The Balaban J connectivity index is 1.82. The van der Waals surface area contributed by atoms with Gasteiger partial charge in [-0.05, 0) is 42.8 Å². The van der Waals surface area contributed by atoms with Crippen molar-refractivity contribution < 1.29 is 4.79 Å². The first-order valence-electron chi connectivity index (χ1n) is 8.56. The molecule has 1 amide bonds. The largest absolute Gasteiger partial charge is 0.321 e. The van der Waals surface area contributed by atoms with Crippen molar-refractivity contribution in [3.8, 4) is 10.6 Å². The minimum atomic E-state index is -0.155. The van der Waals surface area contributed by atoms with Crippen molar-refractivity contribution in [2.45, 2.75) is 18.4 Å². The van der Waals surface area contributed by atoms with E-state index >= 15 is 0 Å². The Kier molecular flexibility index (Phi) is 4.96. The maximum absolute atomic E-state index is 13.1. The fraction of sp³-hybridized carbons (Fsp3) is 0.150. The molecule has 0 aliphatic carbocycles. The summed E-state index contributed by atoms with van der Waals surface area (Å²) >= 11 is 3.21. The molecule has 0 fully saturated rings. The molecule has 4 aromatic rings. The first kappa shape index (κ1) is 17.8. The van der Waals surface area contributed by atoms with Crippen molar-refractivity contribution in [1.82, 2.24) is 14.8 Å². The van der Waals surface area contributed by atoms with Gasteiger partial charge in [0.1, 0.15) is 0 Å². The molecule has 7 heteroatoms. The van der Waals surface area contributed by atoms with Gasteiger partial charge in [-0.25, -0.2) is 9.67 Å². The molecule has 0 unspecified atom stereocenters. The number of aromatic nitrogens is 3. The van der Waals surface area contributed by atoms with Crippen LogP contribution in [0.4, 0.5) is 5.69 Å².